The van der Waals surface area contributed by atoms with Crippen LogP contribution in [-0.4, -0.2) is 18.2 Å². The molecule has 1 aromatic heterocycles. The molecule has 0 bridgehead atoms. The third-order valence-electron chi connectivity index (χ3n) is 3.88. The lowest BCUT2D eigenvalue weighted by Crippen LogP contribution is -2.16. The fourth-order valence-electron chi connectivity index (χ4n) is 2.40. The molecule has 0 saturated heterocycles. The van der Waals surface area contributed by atoms with Crippen molar-refractivity contribution in [1.29, 1.82) is 10.5 Å². The molecule has 0 aliphatic carbocycles. The molecule has 26 heavy (non-hydrogen) atoms. The molecule has 0 aliphatic heterocycles. The minimum Gasteiger partial charge on any atom is -0.493 e. The molecule has 1 aromatic carbocycles. The Morgan fingerprint density at radius 2 is 1.96 bits per heavy atom. The number of aromatic nitrogens is 1. The molecule has 0 radical (unpaired) electrons. The number of methoxy groups -OCH3 is 1. The number of nitrogens with two attached hydrogens (primary N) is 1. The van der Waals surface area contributed by atoms with E-state index in [9.17, 15) is 15.3 Å². The van der Waals surface area contributed by atoms with Gasteiger partial charge in [-0.1, -0.05) is 18.5 Å². The number of nitrogens with one attached hydrogen (secondary N) is 1. The van der Waals surface area contributed by atoms with Gasteiger partial charge in [0, 0.05) is 5.56 Å². The van der Waals surface area contributed by atoms with E-state index in [4.69, 9.17) is 26.8 Å². The highest BCUT2D eigenvalue weighted by atomic mass is 35.5. The maximum absolute atomic E-state index is 12.1. The van der Waals surface area contributed by atoms with E-state index >= 15 is 0 Å². The van der Waals surface area contributed by atoms with E-state index in [-0.39, 0.29) is 33.6 Å². The van der Waals surface area contributed by atoms with Crippen LogP contribution in [0.1, 0.15) is 31.4 Å². The molecule has 1 unspecified atom stereocenters. The average Bonchev–Trinajstić information content (AvgIpc) is 2.62. The van der Waals surface area contributed by atoms with Gasteiger partial charge in [0.1, 0.15) is 29.1 Å². The van der Waals surface area contributed by atoms with Crippen LogP contribution in [0.4, 0.5) is 5.82 Å². The monoisotopic (exact) mass is 372 g/mol. The standard InChI is InChI=1S/C18H17ClN4O3/c1-4-9(2)26-16-13(19)5-10(6-14(16)25-3)15-11(7-20)17(22)23-18(24)12(15)8-21/h5-6,9H,4H2,1-3H3,(H3,22,23,24). The van der Waals surface area contributed by atoms with Crippen LogP contribution >= 0.6 is 11.6 Å². The van der Waals surface area contributed by atoms with Gasteiger partial charge >= 0.3 is 0 Å². The van der Waals surface area contributed by atoms with Crippen molar-refractivity contribution in [2.75, 3.05) is 12.8 Å². The Morgan fingerprint density at radius 3 is 2.50 bits per heavy atom. The highest BCUT2D eigenvalue weighted by Gasteiger charge is 2.22. The Hall–Kier alpha value is -3.16. The molecule has 134 valence electrons. The summed E-state index contributed by atoms with van der Waals surface area (Å²) in [4.78, 5) is 14.4. The molecule has 0 amide bonds. The van der Waals surface area contributed by atoms with Gasteiger partial charge in [-0.2, -0.15) is 10.5 Å². The summed E-state index contributed by atoms with van der Waals surface area (Å²) in [5.41, 5.74) is 5.26. The molecule has 7 nitrogen and oxygen atoms in total. The third kappa shape index (κ3) is 3.44. The number of nitriles is 2. The summed E-state index contributed by atoms with van der Waals surface area (Å²) < 4.78 is 11.1. The zero-order chi connectivity index (χ0) is 19.4. The quantitative estimate of drug-likeness (QED) is 0.830. The van der Waals surface area contributed by atoms with Gasteiger partial charge in [0.2, 0.25) is 0 Å². The van der Waals surface area contributed by atoms with E-state index in [1.165, 1.54) is 13.2 Å². The van der Waals surface area contributed by atoms with Gasteiger partial charge in [0.25, 0.3) is 5.56 Å². The second-order valence-corrected chi connectivity index (χ2v) is 5.95. The van der Waals surface area contributed by atoms with Crippen LogP contribution in [0, 0.1) is 22.7 Å². The number of hydrogen-bond donors (Lipinski definition) is 2. The van der Waals surface area contributed by atoms with E-state index in [2.05, 4.69) is 4.98 Å². The third-order valence-corrected chi connectivity index (χ3v) is 4.16. The summed E-state index contributed by atoms with van der Waals surface area (Å²) in [6, 6.07) is 6.79. The molecule has 0 spiro atoms. The molecule has 1 heterocycles. The number of anilines is 1. The topological polar surface area (TPSA) is 125 Å². The zero-order valence-corrected chi connectivity index (χ0v) is 15.3. The number of pyridine rings is 1. The number of aromatic amines is 1. The largest absolute Gasteiger partial charge is 0.493 e. The van der Waals surface area contributed by atoms with Gasteiger partial charge in [0.15, 0.2) is 11.5 Å². The predicted octanol–water partition coefficient (Wildman–Crippen LogP) is 3.21. The van der Waals surface area contributed by atoms with Crippen molar-refractivity contribution in [3.8, 4) is 34.8 Å². The molecule has 2 rings (SSSR count). The van der Waals surface area contributed by atoms with Crippen molar-refractivity contribution >= 4 is 17.4 Å². The molecule has 0 saturated carbocycles. The number of benzene rings is 1. The number of nitrogens with zero attached hydrogens (tertiary/aromatic N) is 2. The van der Waals surface area contributed by atoms with Crippen molar-refractivity contribution in [2.45, 2.75) is 26.4 Å². The normalized spacial score (nSPS) is 11.3. The lowest BCUT2D eigenvalue weighted by atomic mass is 9.96. The Balaban J connectivity index is 2.80. The van der Waals surface area contributed by atoms with E-state index in [1.807, 2.05) is 26.0 Å². The van der Waals surface area contributed by atoms with Gasteiger partial charge in [-0.15, -0.1) is 0 Å². The molecule has 3 N–H and O–H groups in total. The van der Waals surface area contributed by atoms with Crippen LogP contribution in [-0.2, 0) is 0 Å². The lowest BCUT2D eigenvalue weighted by Gasteiger charge is -2.18. The molecule has 8 heteroatoms. The van der Waals surface area contributed by atoms with Crippen molar-refractivity contribution < 1.29 is 9.47 Å². The van der Waals surface area contributed by atoms with Crippen molar-refractivity contribution in [3.05, 3.63) is 38.6 Å². The lowest BCUT2D eigenvalue weighted by molar-refractivity contribution is 0.208. The summed E-state index contributed by atoms with van der Waals surface area (Å²) in [6.07, 6.45) is 0.676. The number of rotatable bonds is 5. The van der Waals surface area contributed by atoms with Crippen molar-refractivity contribution in [3.63, 3.8) is 0 Å². The van der Waals surface area contributed by atoms with Gasteiger partial charge in [-0.25, -0.2) is 0 Å². The summed E-state index contributed by atoms with van der Waals surface area (Å²) in [7, 11) is 1.45. The second kappa shape index (κ2) is 7.81. The van der Waals surface area contributed by atoms with Gasteiger partial charge < -0.3 is 20.2 Å². The van der Waals surface area contributed by atoms with E-state index in [0.717, 1.165) is 6.42 Å². The SMILES string of the molecule is CCC(C)Oc1c(Cl)cc(-c2c(C#N)c(N)[nH]c(=O)c2C#N)cc1OC. The number of H-pyrrole nitrogens is 1. The van der Waals surface area contributed by atoms with Gasteiger partial charge in [-0.3, -0.25) is 4.79 Å². The van der Waals surface area contributed by atoms with Crippen LogP contribution in [0.5, 0.6) is 11.5 Å². The molecule has 2 aromatic rings. The maximum atomic E-state index is 12.1. The first-order valence-corrected chi connectivity index (χ1v) is 8.16. The van der Waals surface area contributed by atoms with Gasteiger partial charge in [-0.05, 0) is 31.0 Å². The maximum Gasteiger partial charge on any atom is 0.268 e. The highest BCUT2D eigenvalue weighted by Crippen LogP contribution is 2.41. The number of hydrogen-bond acceptors (Lipinski definition) is 6. The van der Waals surface area contributed by atoms with Crippen LogP contribution < -0.4 is 20.8 Å². The Kier molecular flexibility index (Phi) is 5.76. The molecule has 0 aliphatic rings. The highest BCUT2D eigenvalue weighted by molar-refractivity contribution is 6.32. The smallest absolute Gasteiger partial charge is 0.268 e. The molecular weight excluding hydrogens is 356 g/mol. The zero-order valence-electron chi connectivity index (χ0n) is 14.5. The minimum atomic E-state index is -0.686. The summed E-state index contributed by atoms with van der Waals surface area (Å²) in [6.45, 7) is 3.86. The first-order chi connectivity index (χ1) is 12.4. The Morgan fingerprint density at radius 1 is 1.31 bits per heavy atom. The number of halogens is 1. The van der Waals surface area contributed by atoms with Gasteiger partial charge in [0.05, 0.1) is 18.2 Å². The predicted molar refractivity (Wildman–Crippen MR) is 98.3 cm³/mol. The van der Waals surface area contributed by atoms with Crippen LogP contribution in [0.25, 0.3) is 11.1 Å². The summed E-state index contributed by atoms with van der Waals surface area (Å²) in [5, 5.41) is 19.0. The Bertz CT molecular complexity index is 986. The number of ether oxygens (including phenoxy) is 2. The van der Waals surface area contributed by atoms with Crippen LogP contribution in [0.3, 0.4) is 0 Å². The van der Waals surface area contributed by atoms with Crippen LogP contribution in [0.15, 0.2) is 16.9 Å². The molecular formula is C18H17ClN4O3. The van der Waals surface area contributed by atoms with E-state index < -0.39 is 5.56 Å². The number of nitrogen functional groups attached to an aromatic ring is 1. The first-order valence-electron chi connectivity index (χ1n) is 7.78. The van der Waals surface area contributed by atoms with E-state index in [0.29, 0.717) is 17.1 Å². The average molecular weight is 373 g/mol. The second-order valence-electron chi connectivity index (χ2n) is 5.54. The van der Waals surface area contributed by atoms with Crippen molar-refractivity contribution in [1.82, 2.24) is 4.98 Å². The fourth-order valence-corrected chi connectivity index (χ4v) is 2.65. The van der Waals surface area contributed by atoms with Crippen LogP contribution in [0.2, 0.25) is 5.02 Å². The Labute approximate surface area is 155 Å². The fraction of sp³-hybridized carbons (Fsp3) is 0.278. The molecule has 1 atom stereocenters. The minimum absolute atomic E-state index is 0.0186. The van der Waals surface area contributed by atoms with E-state index in [1.54, 1.807) is 6.07 Å². The summed E-state index contributed by atoms with van der Waals surface area (Å²) in [5.74, 6) is 0.544. The summed E-state index contributed by atoms with van der Waals surface area (Å²) >= 11 is 6.35. The first kappa shape index (κ1) is 19.2. The van der Waals surface area contributed by atoms with Crippen molar-refractivity contribution in [2.24, 2.45) is 0 Å². The molecule has 0 fully saturated rings.